The predicted octanol–water partition coefficient (Wildman–Crippen LogP) is -1.22. The SMILES string of the molecule is O=c1[nH]c(=O)n([C@H]2C[C@@H](O)[C@@H](CO)O2)cc1I.[Ac]. The smallest absolute Gasteiger partial charge is 0.330 e. The standard InChI is InChI=1S/C9H11IN2O5.Ac/c10-4-2-12(9(16)11-8(4)15)7-1-5(14)6(3-13)17-7;/h2,5-7,13-14H,1,3H2,(H,11,15,16);/t5-,6-,7-;/m1./s1. The Morgan fingerprint density at radius 2 is 2.22 bits per heavy atom. The molecule has 2 rings (SSSR count). The molecule has 1 aliphatic rings. The van der Waals surface area contributed by atoms with Gasteiger partial charge < -0.3 is 14.9 Å². The number of aliphatic hydroxyl groups is 2. The van der Waals surface area contributed by atoms with Crippen LogP contribution in [0.2, 0.25) is 0 Å². The van der Waals surface area contributed by atoms with Crippen LogP contribution in [0.25, 0.3) is 0 Å². The molecule has 1 aromatic rings. The van der Waals surface area contributed by atoms with E-state index >= 15 is 0 Å². The molecule has 3 atom stereocenters. The Balaban J connectivity index is 0.00000162. The molecule has 1 saturated heterocycles. The molecule has 2 heterocycles. The third-order valence-corrected chi connectivity index (χ3v) is 3.39. The molecular weight excluding hydrogens is 570 g/mol. The molecule has 0 spiro atoms. The molecule has 7 nitrogen and oxygen atoms in total. The van der Waals surface area contributed by atoms with Gasteiger partial charge in [0, 0.05) is 56.7 Å². The summed E-state index contributed by atoms with van der Waals surface area (Å²) < 4.78 is 6.89. The number of nitrogens with one attached hydrogen (secondary N) is 1. The van der Waals surface area contributed by atoms with Gasteiger partial charge in [0.25, 0.3) is 5.56 Å². The summed E-state index contributed by atoms with van der Waals surface area (Å²) in [5.74, 6) is 0. The van der Waals surface area contributed by atoms with Gasteiger partial charge in [0.05, 0.1) is 16.3 Å². The topological polar surface area (TPSA) is 105 Å². The van der Waals surface area contributed by atoms with Crippen molar-refractivity contribution in [2.45, 2.75) is 24.9 Å². The first kappa shape index (κ1) is 16.8. The summed E-state index contributed by atoms with van der Waals surface area (Å²) in [6.45, 7) is -0.313. The maximum Gasteiger partial charge on any atom is 0.330 e. The minimum Gasteiger partial charge on any atom is -0.394 e. The Morgan fingerprint density at radius 1 is 1.56 bits per heavy atom. The fraction of sp³-hybridized carbons (Fsp3) is 0.556. The van der Waals surface area contributed by atoms with Crippen molar-refractivity contribution in [2.75, 3.05) is 6.61 Å². The Bertz CT molecular complexity index is 530. The van der Waals surface area contributed by atoms with Crippen molar-refractivity contribution in [1.29, 1.82) is 0 Å². The summed E-state index contributed by atoms with van der Waals surface area (Å²) in [6, 6.07) is 0. The predicted molar refractivity (Wildman–Crippen MR) is 65.7 cm³/mol. The summed E-state index contributed by atoms with van der Waals surface area (Å²) in [5, 5.41) is 18.5. The van der Waals surface area contributed by atoms with Crippen LogP contribution < -0.4 is 11.2 Å². The number of halogens is 1. The first-order valence-corrected chi connectivity index (χ1v) is 6.06. The van der Waals surface area contributed by atoms with E-state index in [-0.39, 0.29) is 57.1 Å². The van der Waals surface area contributed by atoms with E-state index in [0.717, 1.165) is 0 Å². The van der Waals surface area contributed by atoms with Gasteiger partial charge in [-0.3, -0.25) is 14.3 Å². The van der Waals surface area contributed by atoms with E-state index in [1.54, 1.807) is 22.6 Å². The molecule has 0 aliphatic carbocycles. The van der Waals surface area contributed by atoms with E-state index in [1.807, 2.05) is 0 Å². The summed E-state index contributed by atoms with van der Waals surface area (Å²) in [7, 11) is 0. The molecule has 3 N–H and O–H groups in total. The molecule has 9 heteroatoms. The monoisotopic (exact) mass is 581 g/mol. The third-order valence-electron chi connectivity index (χ3n) is 2.62. The molecule has 1 aromatic heterocycles. The van der Waals surface area contributed by atoms with E-state index in [9.17, 15) is 14.7 Å². The first-order chi connectivity index (χ1) is 8.02. The Kier molecular flexibility index (Phi) is 6.48. The number of aliphatic hydroxyl groups excluding tert-OH is 2. The zero-order valence-corrected chi connectivity index (χ0v) is 16.1. The van der Waals surface area contributed by atoms with Crippen molar-refractivity contribution in [3.05, 3.63) is 30.6 Å². The van der Waals surface area contributed by atoms with Gasteiger partial charge in [0.2, 0.25) is 0 Å². The van der Waals surface area contributed by atoms with Crippen LogP contribution in [0.4, 0.5) is 0 Å². The van der Waals surface area contributed by atoms with Crippen LogP contribution in [0.3, 0.4) is 0 Å². The molecular formula is C9H11AcIN2O5. The Labute approximate surface area is 151 Å². The number of nitrogens with zero attached hydrogens (tertiary/aromatic N) is 1. The quantitative estimate of drug-likeness (QED) is 0.381. The van der Waals surface area contributed by atoms with Crippen molar-refractivity contribution in [3.63, 3.8) is 0 Å². The number of H-pyrrole nitrogens is 1. The van der Waals surface area contributed by atoms with Crippen molar-refractivity contribution in [3.8, 4) is 0 Å². The van der Waals surface area contributed by atoms with E-state index in [4.69, 9.17) is 9.84 Å². The van der Waals surface area contributed by atoms with Crippen LogP contribution in [0.15, 0.2) is 15.8 Å². The molecule has 0 aromatic carbocycles. The van der Waals surface area contributed by atoms with Crippen molar-refractivity contribution in [2.24, 2.45) is 0 Å². The average molecular weight is 581 g/mol. The minimum absolute atomic E-state index is 0. The van der Waals surface area contributed by atoms with Gasteiger partial charge in [-0.2, -0.15) is 0 Å². The van der Waals surface area contributed by atoms with Gasteiger partial charge in [-0.1, -0.05) is 0 Å². The van der Waals surface area contributed by atoms with E-state index in [0.29, 0.717) is 3.57 Å². The van der Waals surface area contributed by atoms with Crippen LogP contribution in [0.1, 0.15) is 12.6 Å². The van der Waals surface area contributed by atoms with E-state index in [2.05, 4.69) is 4.98 Å². The zero-order valence-electron chi connectivity index (χ0n) is 9.25. The van der Waals surface area contributed by atoms with Crippen LogP contribution >= 0.6 is 22.6 Å². The van der Waals surface area contributed by atoms with Gasteiger partial charge in [-0.15, -0.1) is 0 Å². The number of hydrogen-bond donors (Lipinski definition) is 3. The molecule has 1 radical (unpaired) electrons. The molecule has 97 valence electrons. The van der Waals surface area contributed by atoms with Gasteiger partial charge in [-0.05, 0) is 22.6 Å². The molecule has 0 unspecified atom stereocenters. The largest absolute Gasteiger partial charge is 0.394 e. The van der Waals surface area contributed by atoms with E-state index < -0.39 is 29.7 Å². The van der Waals surface area contributed by atoms with Crippen molar-refractivity contribution in [1.82, 2.24) is 9.55 Å². The second kappa shape index (κ2) is 6.95. The van der Waals surface area contributed by atoms with Gasteiger partial charge >= 0.3 is 5.69 Å². The molecule has 1 fully saturated rings. The Hall–Kier alpha value is 0.732. The Morgan fingerprint density at radius 3 is 2.78 bits per heavy atom. The van der Waals surface area contributed by atoms with Crippen molar-refractivity contribution < 1.29 is 59.0 Å². The summed E-state index contributed by atoms with van der Waals surface area (Å²) in [4.78, 5) is 24.9. The fourth-order valence-corrected chi connectivity index (χ4v) is 2.16. The number of aromatic amines is 1. The minimum atomic E-state index is -0.818. The van der Waals surface area contributed by atoms with Gasteiger partial charge in [0.1, 0.15) is 12.3 Å². The number of hydrogen-bond acceptors (Lipinski definition) is 5. The summed E-state index contributed by atoms with van der Waals surface area (Å²) in [5.41, 5.74) is -1.05. The van der Waals surface area contributed by atoms with Gasteiger partial charge in [0.15, 0.2) is 0 Å². The van der Waals surface area contributed by atoms with Gasteiger partial charge in [-0.25, -0.2) is 4.79 Å². The summed E-state index contributed by atoms with van der Waals surface area (Å²) >= 11 is 1.80. The molecule has 1 aliphatic heterocycles. The molecule has 0 amide bonds. The maximum atomic E-state index is 11.6. The summed E-state index contributed by atoms with van der Waals surface area (Å²) in [6.07, 6.45) is -0.607. The van der Waals surface area contributed by atoms with Crippen LogP contribution in [0.5, 0.6) is 0 Å². The fourth-order valence-electron chi connectivity index (χ4n) is 1.72. The van der Waals surface area contributed by atoms with Crippen LogP contribution in [-0.4, -0.2) is 38.6 Å². The normalized spacial score (nSPS) is 26.9. The number of ether oxygens (including phenoxy) is 1. The second-order valence-corrected chi connectivity index (χ2v) is 4.92. The third kappa shape index (κ3) is 3.43. The maximum absolute atomic E-state index is 11.6. The molecule has 0 saturated carbocycles. The molecule has 0 bridgehead atoms. The van der Waals surface area contributed by atoms with E-state index in [1.165, 1.54) is 10.8 Å². The number of aromatic nitrogens is 2. The second-order valence-electron chi connectivity index (χ2n) is 3.76. The number of rotatable bonds is 2. The molecule has 18 heavy (non-hydrogen) atoms. The zero-order chi connectivity index (χ0) is 12.6. The first-order valence-electron chi connectivity index (χ1n) is 4.98. The van der Waals surface area contributed by atoms with Crippen LogP contribution in [0, 0.1) is 47.6 Å². The average Bonchev–Trinajstić information content (AvgIpc) is 2.65. The van der Waals surface area contributed by atoms with Crippen LogP contribution in [-0.2, 0) is 4.74 Å². The van der Waals surface area contributed by atoms with Crippen molar-refractivity contribution >= 4 is 22.6 Å².